The molecule has 3 aromatic rings. The number of rotatable bonds is 2. The number of nitrogens with one attached hydrogen (secondary N) is 1. The molecule has 0 bridgehead atoms. The van der Waals surface area contributed by atoms with E-state index in [-0.39, 0.29) is 17.0 Å². The summed E-state index contributed by atoms with van der Waals surface area (Å²) in [5.74, 6) is 0. The van der Waals surface area contributed by atoms with Crippen molar-refractivity contribution >= 4 is 37.9 Å². The van der Waals surface area contributed by atoms with E-state index in [1.807, 2.05) is 0 Å². The second kappa shape index (κ2) is 5.86. The molecule has 0 aliphatic carbocycles. The summed E-state index contributed by atoms with van der Waals surface area (Å²) in [5.41, 5.74) is 8.21. The first-order valence-corrected chi connectivity index (χ1v) is 9.72. The average Bonchev–Trinajstić information content (AvgIpc) is 3.09. The van der Waals surface area contributed by atoms with E-state index in [0.717, 1.165) is 5.56 Å². The molecule has 8 heteroatoms. The highest BCUT2D eigenvalue weighted by atomic mass is 32.2. The SMILES string of the molecule is [C-]#[N+]c1cc(N)c2c(c1)N(S(=O)(=O)c1cccc3c(=O)[nH]cc(C)c13)CC2. The number of nitrogens with zero attached hydrogens (tertiary/aromatic N) is 2. The smallest absolute Gasteiger partial charge is 0.264 e. The van der Waals surface area contributed by atoms with Crippen LogP contribution in [0.3, 0.4) is 0 Å². The first-order valence-electron chi connectivity index (χ1n) is 8.28. The van der Waals surface area contributed by atoms with Crippen LogP contribution in [-0.4, -0.2) is 19.9 Å². The third-order valence-electron chi connectivity index (χ3n) is 4.86. The van der Waals surface area contributed by atoms with Crippen molar-refractivity contribution in [1.29, 1.82) is 0 Å². The van der Waals surface area contributed by atoms with Crippen LogP contribution in [-0.2, 0) is 16.4 Å². The predicted molar refractivity (Wildman–Crippen MR) is 105 cm³/mol. The number of aromatic nitrogens is 1. The molecule has 3 N–H and O–H groups in total. The highest BCUT2D eigenvalue weighted by molar-refractivity contribution is 7.93. The molecule has 136 valence electrons. The third-order valence-corrected chi connectivity index (χ3v) is 6.72. The van der Waals surface area contributed by atoms with Crippen LogP contribution in [0.1, 0.15) is 11.1 Å². The summed E-state index contributed by atoms with van der Waals surface area (Å²) in [6.07, 6.45) is 1.99. The van der Waals surface area contributed by atoms with Gasteiger partial charge in [0.1, 0.15) is 0 Å². The molecule has 0 amide bonds. The zero-order valence-corrected chi connectivity index (χ0v) is 15.3. The van der Waals surface area contributed by atoms with Crippen LogP contribution < -0.4 is 15.6 Å². The Hall–Kier alpha value is -3.31. The van der Waals surface area contributed by atoms with Gasteiger partial charge in [-0.05, 0) is 48.7 Å². The molecule has 0 saturated carbocycles. The van der Waals surface area contributed by atoms with Crippen molar-refractivity contribution in [3.63, 3.8) is 0 Å². The van der Waals surface area contributed by atoms with E-state index in [0.29, 0.717) is 39.8 Å². The molecular weight excluding hydrogens is 364 g/mol. The first kappa shape index (κ1) is 17.1. The molecule has 0 atom stereocenters. The van der Waals surface area contributed by atoms with Crippen molar-refractivity contribution in [2.75, 3.05) is 16.6 Å². The number of benzene rings is 2. The van der Waals surface area contributed by atoms with Crippen molar-refractivity contribution in [2.45, 2.75) is 18.2 Å². The highest BCUT2D eigenvalue weighted by Crippen LogP contribution is 2.40. The van der Waals surface area contributed by atoms with Gasteiger partial charge in [-0.15, -0.1) is 0 Å². The number of hydrogen-bond acceptors (Lipinski definition) is 4. The number of anilines is 2. The summed E-state index contributed by atoms with van der Waals surface area (Å²) in [6.45, 7) is 9.20. The van der Waals surface area contributed by atoms with Gasteiger partial charge in [0.25, 0.3) is 15.6 Å². The molecule has 7 nitrogen and oxygen atoms in total. The summed E-state index contributed by atoms with van der Waals surface area (Å²) in [7, 11) is -3.94. The molecule has 1 aromatic heterocycles. The number of H-pyrrole nitrogens is 1. The minimum absolute atomic E-state index is 0.0724. The monoisotopic (exact) mass is 380 g/mol. The fourth-order valence-electron chi connectivity index (χ4n) is 3.59. The second-order valence-electron chi connectivity index (χ2n) is 6.45. The fourth-order valence-corrected chi connectivity index (χ4v) is 5.36. The van der Waals surface area contributed by atoms with Gasteiger partial charge in [-0.2, -0.15) is 0 Å². The van der Waals surface area contributed by atoms with Gasteiger partial charge >= 0.3 is 0 Å². The molecule has 1 aliphatic heterocycles. The number of nitrogens with two attached hydrogens (primary N) is 1. The molecule has 0 spiro atoms. The zero-order chi connectivity index (χ0) is 19.3. The predicted octanol–water partition coefficient (Wildman–Crippen LogP) is 2.72. The third kappa shape index (κ3) is 2.47. The number of nitrogen functional groups attached to an aromatic ring is 1. The molecule has 0 unspecified atom stereocenters. The number of hydrogen-bond donors (Lipinski definition) is 2. The minimum atomic E-state index is -3.94. The van der Waals surface area contributed by atoms with Gasteiger partial charge in [0.2, 0.25) is 0 Å². The minimum Gasteiger partial charge on any atom is -0.399 e. The van der Waals surface area contributed by atoms with Gasteiger partial charge in [-0.25, -0.2) is 13.3 Å². The molecule has 2 heterocycles. The first-order chi connectivity index (χ1) is 12.8. The molecule has 0 saturated heterocycles. The van der Waals surface area contributed by atoms with E-state index in [1.54, 1.807) is 31.2 Å². The lowest BCUT2D eigenvalue weighted by Crippen LogP contribution is -2.29. The topological polar surface area (TPSA) is 101 Å². The summed E-state index contributed by atoms with van der Waals surface area (Å²) in [4.78, 5) is 18.2. The van der Waals surface area contributed by atoms with E-state index in [9.17, 15) is 13.2 Å². The van der Waals surface area contributed by atoms with Gasteiger partial charge in [-0.1, -0.05) is 6.07 Å². The number of fused-ring (bicyclic) bond motifs is 2. The lowest BCUT2D eigenvalue weighted by atomic mass is 10.1. The summed E-state index contributed by atoms with van der Waals surface area (Å²) in [6, 6.07) is 7.78. The van der Waals surface area contributed by atoms with Crippen LogP contribution in [0.2, 0.25) is 0 Å². The van der Waals surface area contributed by atoms with Crippen molar-refractivity contribution in [2.24, 2.45) is 0 Å². The van der Waals surface area contributed by atoms with Gasteiger partial charge in [0.05, 0.1) is 11.5 Å². The van der Waals surface area contributed by atoms with Crippen molar-refractivity contribution in [1.82, 2.24) is 4.98 Å². The van der Waals surface area contributed by atoms with Crippen LogP contribution in [0.15, 0.2) is 46.2 Å². The van der Waals surface area contributed by atoms with E-state index in [1.165, 1.54) is 16.6 Å². The zero-order valence-electron chi connectivity index (χ0n) is 14.5. The van der Waals surface area contributed by atoms with E-state index >= 15 is 0 Å². The van der Waals surface area contributed by atoms with Crippen LogP contribution in [0.25, 0.3) is 15.6 Å². The second-order valence-corrected chi connectivity index (χ2v) is 8.28. The van der Waals surface area contributed by atoms with Gasteiger partial charge in [0, 0.05) is 34.9 Å². The van der Waals surface area contributed by atoms with E-state index in [4.69, 9.17) is 12.3 Å². The van der Waals surface area contributed by atoms with Crippen LogP contribution in [0.4, 0.5) is 17.1 Å². The van der Waals surface area contributed by atoms with Crippen LogP contribution in [0, 0.1) is 13.5 Å². The fraction of sp³-hybridized carbons (Fsp3) is 0.158. The molecule has 0 radical (unpaired) electrons. The van der Waals surface area contributed by atoms with Crippen LogP contribution in [0.5, 0.6) is 0 Å². The Kier molecular flexibility index (Phi) is 3.71. The maximum absolute atomic E-state index is 13.5. The Labute approximate surface area is 155 Å². The summed E-state index contributed by atoms with van der Waals surface area (Å²) >= 11 is 0. The maximum Gasteiger partial charge on any atom is 0.264 e. The Balaban J connectivity index is 1.98. The molecule has 1 aliphatic rings. The lowest BCUT2D eigenvalue weighted by Gasteiger charge is -2.21. The Morgan fingerprint density at radius 2 is 2.07 bits per heavy atom. The number of aromatic amines is 1. The number of sulfonamides is 1. The van der Waals surface area contributed by atoms with E-state index in [2.05, 4.69) is 9.83 Å². The Morgan fingerprint density at radius 1 is 1.30 bits per heavy atom. The molecule has 4 rings (SSSR count). The Morgan fingerprint density at radius 3 is 2.81 bits per heavy atom. The number of aryl methyl sites for hydroxylation is 1. The molecule has 27 heavy (non-hydrogen) atoms. The van der Waals surface area contributed by atoms with Crippen LogP contribution >= 0.6 is 0 Å². The summed E-state index contributed by atoms with van der Waals surface area (Å²) < 4.78 is 28.2. The number of pyridine rings is 1. The average molecular weight is 380 g/mol. The van der Waals surface area contributed by atoms with Gasteiger partial charge < -0.3 is 10.7 Å². The van der Waals surface area contributed by atoms with Gasteiger partial charge in [0.15, 0.2) is 5.69 Å². The normalized spacial score (nSPS) is 13.6. The Bertz CT molecular complexity index is 1300. The molecule has 0 fully saturated rings. The van der Waals surface area contributed by atoms with Crippen molar-refractivity contribution in [3.8, 4) is 0 Å². The standard InChI is InChI=1S/C19H16N4O3S/c1-11-10-22-19(24)14-4-3-5-17(18(11)14)27(25,26)23-7-6-13-15(20)8-12(21-2)9-16(13)23/h3-5,8-10H,6-7,20H2,1H3,(H,22,24). The molecule has 2 aromatic carbocycles. The van der Waals surface area contributed by atoms with Crippen molar-refractivity contribution < 1.29 is 8.42 Å². The maximum atomic E-state index is 13.5. The van der Waals surface area contributed by atoms with Crippen molar-refractivity contribution in [3.05, 3.63) is 69.4 Å². The summed E-state index contributed by atoms with van der Waals surface area (Å²) in [5, 5.41) is 0.730. The quantitative estimate of drug-likeness (QED) is 0.527. The van der Waals surface area contributed by atoms with Gasteiger partial charge in [-0.3, -0.25) is 9.10 Å². The largest absolute Gasteiger partial charge is 0.399 e. The van der Waals surface area contributed by atoms with E-state index < -0.39 is 10.0 Å². The lowest BCUT2D eigenvalue weighted by molar-refractivity contribution is 0.593. The highest BCUT2D eigenvalue weighted by Gasteiger charge is 2.33. The molecular formula is C19H16N4O3S.